The van der Waals surface area contributed by atoms with Crippen molar-refractivity contribution in [1.82, 2.24) is 4.72 Å². The zero-order valence-electron chi connectivity index (χ0n) is 11.7. The van der Waals surface area contributed by atoms with Crippen molar-refractivity contribution in [2.75, 3.05) is 6.54 Å². The molecule has 0 heterocycles. The summed E-state index contributed by atoms with van der Waals surface area (Å²) in [6, 6.07) is 2.20. The third-order valence-corrected chi connectivity index (χ3v) is 4.58. The van der Waals surface area contributed by atoms with E-state index in [2.05, 4.69) is 4.72 Å². The molecule has 0 aliphatic carbocycles. The highest BCUT2D eigenvalue weighted by molar-refractivity contribution is 7.89. The van der Waals surface area contributed by atoms with Crippen LogP contribution in [0.4, 0.5) is 5.69 Å². The van der Waals surface area contributed by atoms with Crippen LogP contribution in [0.1, 0.15) is 24.5 Å². The summed E-state index contributed by atoms with van der Waals surface area (Å²) in [4.78, 5) is 10.2. The Morgan fingerprint density at radius 2 is 2.00 bits per heavy atom. The van der Waals surface area contributed by atoms with Gasteiger partial charge < -0.3 is 5.73 Å². The molecular formula is C12H19N3O4S. The molecule has 0 saturated carbocycles. The van der Waals surface area contributed by atoms with E-state index in [0.717, 1.165) is 6.07 Å². The standard InChI is InChI=1S/C12H19N3O4S/c1-4-10(13)7-14-20(18,19)11-5-8(2)9(3)12(6-11)15(16)17/h5-6,10,14H,4,7,13H2,1-3H3. The fourth-order valence-electron chi connectivity index (χ4n) is 1.60. The van der Waals surface area contributed by atoms with Gasteiger partial charge in [0, 0.05) is 24.2 Å². The first kappa shape index (κ1) is 16.5. The van der Waals surface area contributed by atoms with E-state index in [1.807, 2.05) is 6.92 Å². The molecule has 0 aromatic heterocycles. The molecule has 0 bridgehead atoms. The quantitative estimate of drug-likeness (QED) is 0.605. The average Bonchev–Trinajstić information content (AvgIpc) is 2.38. The third kappa shape index (κ3) is 3.75. The number of nitro groups is 1. The molecule has 1 aromatic rings. The van der Waals surface area contributed by atoms with Crippen molar-refractivity contribution >= 4 is 15.7 Å². The number of rotatable bonds is 6. The first-order valence-corrected chi connectivity index (χ1v) is 7.68. The van der Waals surface area contributed by atoms with Crippen LogP contribution >= 0.6 is 0 Å². The molecule has 1 aromatic carbocycles. The highest BCUT2D eigenvalue weighted by Crippen LogP contribution is 2.25. The van der Waals surface area contributed by atoms with Crippen molar-refractivity contribution in [3.8, 4) is 0 Å². The Bertz CT molecular complexity index is 613. The molecular weight excluding hydrogens is 282 g/mol. The topological polar surface area (TPSA) is 115 Å². The molecule has 0 fully saturated rings. The van der Waals surface area contributed by atoms with Gasteiger partial charge in [0.1, 0.15) is 0 Å². The molecule has 0 radical (unpaired) electrons. The number of hydrogen-bond acceptors (Lipinski definition) is 5. The average molecular weight is 301 g/mol. The molecule has 1 atom stereocenters. The van der Waals surface area contributed by atoms with Crippen LogP contribution in [-0.4, -0.2) is 25.9 Å². The van der Waals surface area contributed by atoms with Crippen molar-refractivity contribution in [3.05, 3.63) is 33.4 Å². The van der Waals surface area contributed by atoms with Crippen LogP contribution in [0.25, 0.3) is 0 Å². The summed E-state index contributed by atoms with van der Waals surface area (Å²) in [5, 5.41) is 10.9. The van der Waals surface area contributed by atoms with Gasteiger partial charge in [-0.05, 0) is 31.9 Å². The molecule has 0 spiro atoms. The van der Waals surface area contributed by atoms with Gasteiger partial charge in [-0.25, -0.2) is 13.1 Å². The van der Waals surface area contributed by atoms with Crippen molar-refractivity contribution in [2.24, 2.45) is 5.73 Å². The Kier molecular flexibility index (Phi) is 5.21. The Balaban J connectivity index is 3.16. The van der Waals surface area contributed by atoms with Crippen molar-refractivity contribution in [1.29, 1.82) is 0 Å². The van der Waals surface area contributed by atoms with E-state index in [-0.39, 0.29) is 23.2 Å². The molecule has 0 amide bonds. The van der Waals surface area contributed by atoms with Crippen LogP contribution in [-0.2, 0) is 10.0 Å². The summed E-state index contributed by atoms with van der Waals surface area (Å²) in [5.41, 5.74) is 6.46. The Morgan fingerprint density at radius 3 is 2.50 bits per heavy atom. The Morgan fingerprint density at radius 1 is 1.40 bits per heavy atom. The van der Waals surface area contributed by atoms with E-state index in [0.29, 0.717) is 17.5 Å². The maximum atomic E-state index is 12.1. The summed E-state index contributed by atoms with van der Waals surface area (Å²) < 4.78 is 26.6. The number of nitrogens with two attached hydrogens (primary N) is 1. The first-order chi connectivity index (χ1) is 9.19. The van der Waals surface area contributed by atoms with E-state index >= 15 is 0 Å². The number of nitrogens with zero attached hydrogens (tertiary/aromatic N) is 1. The largest absolute Gasteiger partial charge is 0.327 e. The molecule has 0 saturated heterocycles. The first-order valence-electron chi connectivity index (χ1n) is 6.20. The molecule has 3 N–H and O–H groups in total. The van der Waals surface area contributed by atoms with Gasteiger partial charge in [-0.3, -0.25) is 10.1 Å². The SMILES string of the molecule is CCC(N)CNS(=O)(=O)c1cc(C)c(C)c([N+](=O)[O-])c1. The number of aryl methyl sites for hydroxylation is 1. The molecule has 1 rings (SSSR count). The molecule has 0 aliphatic heterocycles. The smallest absolute Gasteiger partial charge is 0.273 e. The van der Waals surface area contributed by atoms with Crippen molar-refractivity contribution in [3.63, 3.8) is 0 Å². The second kappa shape index (κ2) is 6.29. The van der Waals surface area contributed by atoms with Gasteiger partial charge in [0.2, 0.25) is 10.0 Å². The fraction of sp³-hybridized carbons (Fsp3) is 0.500. The lowest BCUT2D eigenvalue weighted by molar-refractivity contribution is -0.385. The van der Waals surface area contributed by atoms with Crippen LogP contribution in [0.15, 0.2) is 17.0 Å². The second-order valence-corrected chi connectivity index (χ2v) is 6.43. The molecule has 20 heavy (non-hydrogen) atoms. The van der Waals surface area contributed by atoms with Crippen molar-refractivity contribution < 1.29 is 13.3 Å². The zero-order valence-corrected chi connectivity index (χ0v) is 12.5. The maximum Gasteiger partial charge on any atom is 0.273 e. The molecule has 0 aliphatic rings. The van der Waals surface area contributed by atoms with Crippen LogP contribution in [0.3, 0.4) is 0 Å². The third-order valence-electron chi connectivity index (χ3n) is 3.18. The minimum Gasteiger partial charge on any atom is -0.327 e. The van der Waals surface area contributed by atoms with Crippen LogP contribution < -0.4 is 10.5 Å². The normalized spacial score (nSPS) is 13.2. The van der Waals surface area contributed by atoms with Crippen LogP contribution in [0, 0.1) is 24.0 Å². The molecule has 112 valence electrons. The number of sulfonamides is 1. The summed E-state index contributed by atoms with van der Waals surface area (Å²) in [5.74, 6) is 0. The van der Waals surface area contributed by atoms with E-state index in [1.54, 1.807) is 13.8 Å². The van der Waals surface area contributed by atoms with Gasteiger partial charge in [0.25, 0.3) is 5.69 Å². The summed E-state index contributed by atoms with van der Waals surface area (Å²) >= 11 is 0. The number of nitrogens with one attached hydrogen (secondary N) is 1. The van der Waals surface area contributed by atoms with Crippen molar-refractivity contribution in [2.45, 2.75) is 38.1 Å². The van der Waals surface area contributed by atoms with E-state index in [9.17, 15) is 18.5 Å². The number of benzene rings is 1. The number of hydrogen-bond donors (Lipinski definition) is 2. The lowest BCUT2D eigenvalue weighted by Gasteiger charge is -2.12. The summed E-state index contributed by atoms with van der Waals surface area (Å²) in [7, 11) is -3.80. The predicted octanol–water partition coefficient (Wildman–Crippen LogP) is 1.23. The second-order valence-electron chi connectivity index (χ2n) is 4.66. The van der Waals surface area contributed by atoms with Gasteiger partial charge in [0.05, 0.1) is 9.82 Å². The van der Waals surface area contributed by atoms with Crippen LogP contribution in [0.2, 0.25) is 0 Å². The molecule has 8 heteroatoms. The fourth-order valence-corrected chi connectivity index (χ4v) is 2.80. The van der Waals surface area contributed by atoms with E-state index in [4.69, 9.17) is 5.73 Å². The van der Waals surface area contributed by atoms with Gasteiger partial charge in [-0.2, -0.15) is 0 Å². The highest BCUT2D eigenvalue weighted by atomic mass is 32.2. The maximum absolute atomic E-state index is 12.1. The molecule has 1 unspecified atom stereocenters. The lowest BCUT2D eigenvalue weighted by atomic mass is 10.1. The van der Waals surface area contributed by atoms with Crippen LogP contribution in [0.5, 0.6) is 0 Å². The Hall–Kier alpha value is -1.51. The lowest BCUT2D eigenvalue weighted by Crippen LogP contribution is -2.36. The Labute approximate surface area is 118 Å². The van der Waals surface area contributed by atoms with E-state index < -0.39 is 14.9 Å². The minimum absolute atomic E-state index is 0.0968. The number of nitro benzene ring substituents is 1. The highest BCUT2D eigenvalue weighted by Gasteiger charge is 2.21. The van der Waals surface area contributed by atoms with Gasteiger partial charge in [-0.1, -0.05) is 6.92 Å². The minimum atomic E-state index is -3.80. The van der Waals surface area contributed by atoms with Gasteiger partial charge in [0.15, 0.2) is 0 Å². The monoisotopic (exact) mass is 301 g/mol. The molecule has 7 nitrogen and oxygen atoms in total. The summed E-state index contributed by atoms with van der Waals surface area (Å²) in [6.07, 6.45) is 0.635. The van der Waals surface area contributed by atoms with E-state index in [1.165, 1.54) is 6.07 Å². The zero-order chi connectivity index (χ0) is 15.5. The van der Waals surface area contributed by atoms with Gasteiger partial charge >= 0.3 is 0 Å². The summed E-state index contributed by atoms with van der Waals surface area (Å²) in [6.45, 7) is 5.17. The predicted molar refractivity (Wildman–Crippen MR) is 76.0 cm³/mol. The van der Waals surface area contributed by atoms with Gasteiger partial charge in [-0.15, -0.1) is 0 Å².